The van der Waals surface area contributed by atoms with Gasteiger partial charge in [0.25, 0.3) is 0 Å². The van der Waals surface area contributed by atoms with E-state index in [1.54, 1.807) is 0 Å². The van der Waals surface area contributed by atoms with Gasteiger partial charge in [0.2, 0.25) is 0 Å². The fourth-order valence-corrected chi connectivity index (χ4v) is 6.37. The van der Waals surface area contributed by atoms with Crippen LogP contribution < -0.4 is 9.80 Å². The molecule has 0 spiro atoms. The molecule has 0 amide bonds. The molecule has 0 aliphatic heterocycles. The predicted octanol–water partition coefficient (Wildman–Crippen LogP) is 12.2. The van der Waals surface area contributed by atoms with Crippen molar-refractivity contribution in [1.82, 2.24) is 0 Å². The Labute approximate surface area is 280 Å². The van der Waals surface area contributed by atoms with Gasteiger partial charge in [-0.25, -0.2) is 0 Å². The summed E-state index contributed by atoms with van der Waals surface area (Å²) in [7, 11) is 0. The minimum atomic E-state index is -0.0120. The molecule has 228 valence electrons. The molecule has 0 radical (unpaired) electrons. The number of hydrogen-bond donors (Lipinski definition) is 0. The highest BCUT2D eigenvalue weighted by atomic mass is 16.1. The van der Waals surface area contributed by atoms with Crippen molar-refractivity contribution in [2.75, 3.05) is 9.80 Å². The van der Waals surface area contributed by atoms with Crippen molar-refractivity contribution >= 4 is 61.5 Å². The molecule has 0 aliphatic rings. The van der Waals surface area contributed by atoms with Gasteiger partial charge in [0.05, 0.1) is 0 Å². The van der Waals surface area contributed by atoms with Crippen LogP contribution in [-0.4, -0.2) is 5.78 Å². The maximum absolute atomic E-state index is 13.8. The molecule has 0 bridgehead atoms. The number of ketones is 1. The SMILES string of the molecule is O=C(c1ccc(N(c2ccccc2)c2ccc3ccccc3c2)cc1)c1ccc(N(c2ccccc2)c2ccc3ccccc3c2)cc1. The summed E-state index contributed by atoms with van der Waals surface area (Å²) in [6.45, 7) is 0. The molecular weight excluding hydrogens is 585 g/mol. The second-order valence-corrected chi connectivity index (χ2v) is 11.8. The molecular formula is C45H32N2O. The molecule has 0 saturated carbocycles. The minimum Gasteiger partial charge on any atom is -0.310 e. The highest BCUT2D eigenvalue weighted by molar-refractivity contribution is 6.09. The van der Waals surface area contributed by atoms with Crippen LogP contribution in [0.2, 0.25) is 0 Å². The lowest BCUT2D eigenvalue weighted by molar-refractivity contribution is 0.103. The van der Waals surface area contributed by atoms with Gasteiger partial charge in [-0.05, 0) is 119 Å². The summed E-state index contributed by atoms with van der Waals surface area (Å²) >= 11 is 0. The van der Waals surface area contributed by atoms with Crippen LogP contribution in [0.15, 0.2) is 194 Å². The van der Waals surface area contributed by atoms with E-state index in [1.165, 1.54) is 21.5 Å². The normalized spacial score (nSPS) is 11.0. The Balaban J connectivity index is 1.09. The highest BCUT2D eigenvalue weighted by Crippen LogP contribution is 2.38. The van der Waals surface area contributed by atoms with Crippen LogP contribution in [-0.2, 0) is 0 Å². The van der Waals surface area contributed by atoms with Gasteiger partial charge < -0.3 is 9.80 Å². The first-order valence-electron chi connectivity index (χ1n) is 16.1. The van der Waals surface area contributed by atoms with Crippen LogP contribution >= 0.6 is 0 Å². The van der Waals surface area contributed by atoms with Gasteiger partial charge in [-0.3, -0.25) is 4.79 Å². The number of para-hydroxylation sites is 2. The lowest BCUT2D eigenvalue weighted by atomic mass is 10.0. The molecule has 0 heterocycles. The Morgan fingerprint density at radius 3 is 1.00 bits per heavy atom. The predicted molar refractivity (Wildman–Crippen MR) is 201 cm³/mol. The molecule has 0 unspecified atom stereocenters. The Morgan fingerprint density at radius 2 is 0.604 bits per heavy atom. The molecule has 0 atom stereocenters. The topological polar surface area (TPSA) is 23.6 Å². The average molecular weight is 617 g/mol. The number of benzene rings is 8. The van der Waals surface area contributed by atoms with Gasteiger partial charge in [0.1, 0.15) is 0 Å². The molecule has 0 saturated heterocycles. The molecule has 8 aromatic rings. The van der Waals surface area contributed by atoms with Crippen molar-refractivity contribution in [2.24, 2.45) is 0 Å². The fourth-order valence-electron chi connectivity index (χ4n) is 6.37. The van der Waals surface area contributed by atoms with Gasteiger partial charge in [-0.15, -0.1) is 0 Å². The van der Waals surface area contributed by atoms with Crippen molar-refractivity contribution in [3.8, 4) is 0 Å². The summed E-state index contributed by atoms with van der Waals surface area (Å²) in [5, 5.41) is 4.76. The summed E-state index contributed by atoms with van der Waals surface area (Å²) in [6, 6.07) is 66.2. The molecule has 0 aliphatic carbocycles. The molecule has 8 aromatic carbocycles. The fraction of sp³-hybridized carbons (Fsp3) is 0. The van der Waals surface area contributed by atoms with Gasteiger partial charge in [0.15, 0.2) is 5.78 Å². The van der Waals surface area contributed by atoms with E-state index in [0.717, 1.165) is 34.1 Å². The monoisotopic (exact) mass is 616 g/mol. The Kier molecular flexibility index (Phi) is 7.70. The number of hydrogen-bond acceptors (Lipinski definition) is 3. The maximum atomic E-state index is 13.8. The number of carbonyl (C=O) groups excluding carboxylic acids is 1. The number of anilines is 6. The van der Waals surface area contributed by atoms with Gasteiger partial charge in [0, 0.05) is 45.3 Å². The van der Waals surface area contributed by atoms with Crippen LogP contribution in [0.3, 0.4) is 0 Å². The summed E-state index contributed by atoms with van der Waals surface area (Å²) in [5.74, 6) is -0.0120. The number of nitrogens with zero attached hydrogens (tertiary/aromatic N) is 2. The van der Waals surface area contributed by atoms with Crippen LogP contribution in [0.25, 0.3) is 21.5 Å². The maximum Gasteiger partial charge on any atom is 0.193 e. The summed E-state index contributed by atoms with van der Waals surface area (Å²) < 4.78 is 0. The second kappa shape index (κ2) is 12.7. The standard InChI is InChI=1S/C45H32N2O/c48-45(35-21-25-41(26-22-35)46(39-15-3-1-4-16-39)43-29-19-33-11-7-9-13-37(33)31-43)36-23-27-42(28-24-36)47(40-17-5-2-6-18-40)44-30-20-34-12-8-10-14-38(34)32-44/h1-32H. The number of carbonyl (C=O) groups is 1. The van der Waals surface area contributed by atoms with Crippen molar-refractivity contribution in [3.05, 3.63) is 205 Å². The third-order valence-corrected chi connectivity index (χ3v) is 8.79. The van der Waals surface area contributed by atoms with E-state index in [-0.39, 0.29) is 5.78 Å². The van der Waals surface area contributed by atoms with E-state index in [1.807, 2.05) is 84.9 Å². The molecule has 0 fully saturated rings. The third-order valence-electron chi connectivity index (χ3n) is 8.79. The number of rotatable bonds is 8. The zero-order valence-corrected chi connectivity index (χ0v) is 26.3. The van der Waals surface area contributed by atoms with E-state index in [2.05, 4.69) is 119 Å². The van der Waals surface area contributed by atoms with Crippen LogP contribution in [0, 0.1) is 0 Å². The van der Waals surface area contributed by atoms with E-state index in [9.17, 15) is 4.79 Å². The third kappa shape index (κ3) is 5.70. The van der Waals surface area contributed by atoms with Crippen molar-refractivity contribution < 1.29 is 4.79 Å². The lowest BCUT2D eigenvalue weighted by Crippen LogP contribution is -2.11. The first-order valence-corrected chi connectivity index (χ1v) is 16.1. The quantitative estimate of drug-likeness (QED) is 0.159. The van der Waals surface area contributed by atoms with Crippen LogP contribution in [0.4, 0.5) is 34.1 Å². The Hall–Kier alpha value is -6.45. The average Bonchev–Trinajstić information content (AvgIpc) is 3.16. The highest BCUT2D eigenvalue weighted by Gasteiger charge is 2.17. The van der Waals surface area contributed by atoms with E-state index >= 15 is 0 Å². The van der Waals surface area contributed by atoms with Crippen molar-refractivity contribution in [2.45, 2.75) is 0 Å². The van der Waals surface area contributed by atoms with Crippen LogP contribution in [0.5, 0.6) is 0 Å². The van der Waals surface area contributed by atoms with E-state index in [4.69, 9.17) is 0 Å². The molecule has 8 rings (SSSR count). The number of fused-ring (bicyclic) bond motifs is 2. The zero-order valence-electron chi connectivity index (χ0n) is 26.3. The minimum absolute atomic E-state index is 0.0120. The summed E-state index contributed by atoms with van der Waals surface area (Å²) in [4.78, 5) is 18.2. The molecule has 0 N–H and O–H groups in total. The zero-order chi connectivity index (χ0) is 32.3. The Morgan fingerprint density at radius 1 is 0.292 bits per heavy atom. The first-order chi connectivity index (χ1) is 23.7. The van der Waals surface area contributed by atoms with Gasteiger partial charge in [-0.2, -0.15) is 0 Å². The first kappa shape index (κ1) is 29.0. The summed E-state index contributed by atoms with van der Waals surface area (Å²) in [6.07, 6.45) is 0. The summed E-state index contributed by atoms with van der Waals surface area (Å²) in [5.41, 5.74) is 7.48. The van der Waals surface area contributed by atoms with Gasteiger partial charge in [-0.1, -0.05) is 97.1 Å². The second-order valence-electron chi connectivity index (χ2n) is 11.8. The molecule has 3 nitrogen and oxygen atoms in total. The van der Waals surface area contributed by atoms with Gasteiger partial charge >= 0.3 is 0 Å². The molecule has 48 heavy (non-hydrogen) atoms. The lowest BCUT2D eigenvalue weighted by Gasteiger charge is -2.26. The van der Waals surface area contributed by atoms with Crippen molar-refractivity contribution in [3.63, 3.8) is 0 Å². The van der Waals surface area contributed by atoms with E-state index < -0.39 is 0 Å². The Bertz CT molecular complexity index is 2180. The van der Waals surface area contributed by atoms with Crippen molar-refractivity contribution in [1.29, 1.82) is 0 Å². The molecule has 0 aromatic heterocycles. The largest absolute Gasteiger partial charge is 0.310 e. The van der Waals surface area contributed by atoms with Crippen LogP contribution in [0.1, 0.15) is 15.9 Å². The molecule has 3 heteroatoms. The van der Waals surface area contributed by atoms with E-state index in [0.29, 0.717) is 11.1 Å². The smallest absolute Gasteiger partial charge is 0.193 e.